The lowest BCUT2D eigenvalue weighted by molar-refractivity contribution is -0.122. The van der Waals surface area contributed by atoms with Crippen LogP contribution in [0, 0.1) is 17.2 Å². The van der Waals surface area contributed by atoms with Gasteiger partial charge in [-0.05, 0) is 49.2 Å². The molecule has 2 N–H and O–H groups in total. The van der Waals surface area contributed by atoms with Crippen LogP contribution in [0.2, 0.25) is 5.02 Å². The van der Waals surface area contributed by atoms with Gasteiger partial charge in [0.25, 0.3) is 5.89 Å². The van der Waals surface area contributed by atoms with Crippen molar-refractivity contribution in [2.45, 2.75) is 19.4 Å². The summed E-state index contributed by atoms with van der Waals surface area (Å²) in [6.45, 7) is 1.35. The average molecular weight is 427 g/mol. The van der Waals surface area contributed by atoms with E-state index >= 15 is 0 Å². The lowest BCUT2D eigenvalue weighted by Crippen LogP contribution is -2.38. The minimum absolute atomic E-state index is 0.151. The summed E-state index contributed by atoms with van der Waals surface area (Å²) >= 11 is 5.87. The summed E-state index contributed by atoms with van der Waals surface area (Å²) in [4.78, 5) is 17.5. The molecule has 0 unspecified atom stereocenters. The number of hydrogen-bond donors (Lipinski definition) is 1. The van der Waals surface area contributed by atoms with Crippen molar-refractivity contribution in [1.29, 1.82) is 5.26 Å². The molecular weight excluding hydrogens is 408 g/mol. The van der Waals surface area contributed by atoms with Crippen LogP contribution in [0.5, 0.6) is 5.75 Å². The van der Waals surface area contributed by atoms with Gasteiger partial charge in [-0.3, -0.25) is 4.79 Å². The van der Waals surface area contributed by atoms with Gasteiger partial charge in [0.2, 0.25) is 17.5 Å². The number of carbonyl (C=O) groups is 1. The van der Waals surface area contributed by atoms with E-state index in [1.807, 2.05) is 4.90 Å². The summed E-state index contributed by atoms with van der Waals surface area (Å²) in [5, 5.41) is 10.1. The smallest absolute Gasteiger partial charge is 0.266 e. The van der Waals surface area contributed by atoms with Gasteiger partial charge in [-0.1, -0.05) is 11.6 Å². The van der Waals surface area contributed by atoms with Crippen LogP contribution in [0.3, 0.4) is 0 Å². The highest BCUT2D eigenvalue weighted by atomic mass is 35.5. The van der Waals surface area contributed by atoms with Gasteiger partial charge < -0.3 is 24.2 Å². The zero-order chi connectivity index (χ0) is 21.1. The third-order valence-electron chi connectivity index (χ3n) is 4.97. The number of nitriles is 1. The molecule has 3 aromatic rings. The number of ether oxygens (including phenoxy) is 1. The zero-order valence-corrected chi connectivity index (χ0v) is 16.8. The number of furan rings is 1. The van der Waals surface area contributed by atoms with Gasteiger partial charge in [0, 0.05) is 24.0 Å². The molecule has 30 heavy (non-hydrogen) atoms. The Bertz CT molecular complexity index is 1080. The highest BCUT2D eigenvalue weighted by Gasteiger charge is 2.28. The van der Waals surface area contributed by atoms with Crippen LogP contribution in [0.25, 0.3) is 11.7 Å². The molecule has 1 amide bonds. The lowest BCUT2D eigenvalue weighted by atomic mass is 9.96. The van der Waals surface area contributed by atoms with Crippen LogP contribution < -0.4 is 15.4 Å². The molecule has 0 saturated carbocycles. The van der Waals surface area contributed by atoms with E-state index in [1.54, 1.807) is 36.4 Å². The van der Waals surface area contributed by atoms with E-state index in [4.69, 9.17) is 30.9 Å². The Morgan fingerprint density at radius 3 is 2.63 bits per heavy atom. The monoisotopic (exact) mass is 426 g/mol. The summed E-state index contributed by atoms with van der Waals surface area (Å²) in [5.74, 6) is 1.81. The van der Waals surface area contributed by atoms with Gasteiger partial charge in [0.1, 0.15) is 24.2 Å². The van der Waals surface area contributed by atoms with Gasteiger partial charge in [0.15, 0.2) is 5.76 Å². The number of anilines is 1. The Kier molecular flexibility index (Phi) is 5.63. The van der Waals surface area contributed by atoms with E-state index in [0.717, 1.165) is 0 Å². The quantitative estimate of drug-likeness (QED) is 0.637. The normalized spacial score (nSPS) is 14.5. The molecule has 0 spiro atoms. The van der Waals surface area contributed by atoms with Gasteiger partial charge >= 0.3 is 0 Å². The number of piperidine rings is 1. The van der Waals surface area contributed by atoms with Gasteiger partial charge in [-0.2, -0.15) is 10.2 Å². The molecule has 1 fully saturated rings. The number of hydrogen-bond acceptors (Lipinski definition) is 7. The molecule has 1 saturated heterocycles. The molecule has 0 aliphatic carbocycles. The van der Waals surface area contributed by atoms with Crippen molar-refractivity contribution in [2.24, 2.45) is 11.7 Å². The SMILES string of the molecule is N#Cc1nc(-c2ccc(COc3ccc(Cl)cc3)o2)oc1N1CCC(C(N)=O)CC1. The van der Waals surface area contributed by atoms with Crippen molar-refractivity contribution in [3.63, 3.8) is 0 Å². The number of nitrogens with two attached hydrogens (primary N) is 1. The van der Waals surface area contributed by atoms with E-state index in [0.29, 0.717) is 54.1 Å². The van der Waals surface area contributed by atoms with Crippen molar-refractivity contribution in [3.8, 4) is 23.5 Å². The fraction of sp³-hybridized carbons (Fsp3) is 0.286. The number of oxazole rings is 1. The molecule has 1 aliphatic rings. The molecule has 154 valence electrons. The van der Waals surface area contributed by atoms with E-state index in [2.05, 4.69) is 11.1 Å². The van der Waals surface area contributed by atoms with E-state index in [1.165, 1.54) is 0 Å². The molecular formula is C21H19ClN4O4. The van der Waals surface area contributed by atoms with Crippen molar-refractivity contribution in [2.75, 3.05) is 18.0 Å². The van der Waals surface area contributed by atoms with Crippen molar-refractivity contribution < 1.29 is 18.4 Å². The van der Waals surface area contributed by atoms with Crippen LogP contribution >= 0.6 is 11.6 Å². The standard InChI is InChI=1S/C21H19ClN4O4/c22-14-1-3-15(4-2-14)28-12-16-5-6-18(29-16)20-25-17(11-23)21(30-20)26-9-7-13(8-10-26)19(24)27/h1-6,13H,7-10,12H2,(H2,24,27). The summed E-state index contributed by atoms with van der Waals surface area (Å²) in [6, 6.07) is 12.6. The van der Waals surface area contributed by atoms with Crippen molar-refractivity contribution in [1.82, 2.24) is 4.98 Å². The number of nitrogens with zero attached hydrogens (tertiary/aromatic N) is 3. The highest BCUT2D eigenvalue weighted by Crippen LogP contribution is 2.32. The van der Waals surface area contributed by atoms with Crippen LogP contribution in [0.4, 0.5) is 5.88 Å². The highest BCUT2D eigenvalue weighted by molar-refractivity contribution is 6.30. The van der Waals surface area contributed by atoms with E-state index in [-0.39, 0.29) is 30.0 Å². The molecule has 0 atom stereocenters. The Morgan fingerprint density at radius 2 is 1.97 bits per heavy atom. The Balaban J connectivity index is 1.45. The Hall–Kier alpha value is -3.44. The summed E-state index contributed by atoms with van der Waals surface area (Å²) in [7, 11) is 0. The predicted octanol–water partition coefficient (Wildman–Crippen LogP) is 3.74. The third-order valence-corrected chi connectivity index (χ3v) is 5.22. The molecule has 1 aliphatic heterocycles. The molecule has 2 aromatic heterocycles. The minimum Gasteiger partial charge on any atom is -0.486 e. The summed E-state index contributed by atoms with van der Waals surface area (Å²) < 4.78 is 17.3. The maximum Gasteiger partial charge on any atom is 0.266 e. The fourth-order valence-electron chi connectivity index (χ4n) is 3.33. The van der Waals surface area contributed by atoms with E-state index < -0.39 is 0 Å². The van der Waals surface area contributed by atoms with Gasteiger partial charge in [0.05, 0.1) is 0 Å². The third kappa shape index (κ3) is 4.26. The maximum absolute atomic E-state index is 11.4. The molecule has 3 heterocycles. The second kappa shape index (κ2) is 8.51. The zero-order valence-electron chi connectivity index (χ0n) is 16.0. The van der Waals surface area contributed by atoms with Crippen molar-refractivity contribution in [3.05, 3.63) is 52.9 Å². The second-order valence-electron chi connectivity index (χ2n) is 6.96. The largest absolute Gasteiger partial charge is 0.486 e. The first-order valence-electron chi connectivity index (χ1n) is 9.46. The molecule has 1 aromatic carbocycles. The van der Waals surface area contributed by atoms with Crippen LogP contribution in [0.1, 0.15) is 24.3 Å². The molecule has 4 rings (SSSR count). The minimum atomic E-state index is -0.294. The predicted molar refractivity (Wildman–Crippen MR) is 109 cm³/mol. The number of rotatable bonds is 6. The van der Waals surface area contributed by atoms with E-state index in [9.17, 15) is 10.1 Å². The molecule has 9 heteroatoms. The maximum atomic E-state index is 11.4. The van der Waals surface area contributed by atoms with Gasteiger partial charge in [-0.25, -0.2) is 0 Å². The number of amides is 1. The average Bonchev–Trinajstić information content (AvgIpc) is 3.40. The molecule has 8 nitrogen and oxygen atoms in total. The number of benzene rings is 1. The number of halogens is 1. The first-order chi connectivity index (χ1) is 14.5. The van der Waals surface area contributed by atoms with Crippen molar-refractivity contribution >= 4 is 23.4 Å². The van der Waals surface area contributed by atoms with Crippen LogP contribution in [-0.2, 0) is 11.4 Å². The lowest BCUT2D eigenvalue weighted by Gasteiger charge is -2.30. The number of primary amides is 1. The first kappa shape index (κ1) is 19.9. The molecule has 0 radical (unpaired) electrons. The second-order valence-corrected chi connectivity index (χ2v) is 7.39. The van der Waals surface area contributed by atoms with Crippen LogP contribution in [0.15, 0.2) is 45.2 Å². The Morgan fingerprint density at radius 1 is 1.23 bits per heavy atom. The fourth-order valence-corrected chi connectivity index (χ4v) is 3.45. The van der Waals surface area contributed by atoms with Gasteiger partial charge in [-0.15, -0.1) is 0 Å². The first-order valence-corrected chi connectivity index (χ1v) is 9.84. The number of carbonyl (C=O) groups excluding carboxylic acids is 1. The van der Waals surface area contributed by atoms with Crippen LogP contribution in [-0.4, -0.2) is 24.0 Å². The Labute approximate surface area is 177 Å². The summed E-state index contributed by atoms with van der Waals surface area (Å²) in [5.41, 5.74) is 5.56. The summed E-state index contributed by atoms with van der Waals surface area (Å²) in [6.07, 6.45) is 1.23. The molecule has 0 bridgehead atoms. The number of aromatic nitrogens is 1. The topological polar surface area (TPSA) is 119 Å².